The fourth-order valence-electron chi connectivity index (χ4n) is 4.49. The molecule has 0 unspecified atom stereocenters. The third kappa shape index (κ3) is 3.67. The average Bonchev–Trinajstić information content (AvgIpc) is 2.71. The van der Waals surface area contributed by atoms with E-state index in [-0.39, 0.29) is 40.3 Å². The van der Waals surface area contributed by atoms with E-state index in [1.165, 1.54) is 12.1 Å². The molecule has 3 aromatic rings. The summed E-state index contributed by atoms with van der Waals surface area (Å²) in [7, 11) is 0. The molecule has 7 nitrogen and oxygen atoms in total. The highest BCUT2D eigenvalue weighted by Crippen LogP contribution is 2.60. The number of nitrogens with zero attached hydrogens (tertiary/aromatic N) is 2. The summed E-state index contributed by atoms with van der Waals surface area (Å²) in [6.45, 7) is -0.225. The van der Waals surface area contributed by atoms with Crippen LogP contribution in [0.2, 0.25) is 5.02 Å². The van der Waals surface area contributed by atoms with Gasteiger partial charge in [-0.1, -0.05) is 11.6 Å². The second-order valence-electron chi connectivity index (χ2n) is 8.20. The number of amides is 2. The van der Waals surface area contributed by atoms with E-state index in [4.69, 9.17) is 16.3 Å². The maximum atomic E-state index is 13.4. The molecule has 2 heterocycles. The zero-order valence-corrected chi connectivity index (χ0v) is 17.1. The van der Waals surface area contributed by atoms with Crippen LogP contribution in [0.3, 0.4) is 0 Å². The Morgan fingerprint density at radius 1 is 1.06 bits per heavy atom. The van der Waals surface area contributed by atoms with Crippen molar-refractivity contribution >= 4 is 34.4 Å². The van der Waals surface area contributed by atoms with E-state index in [0.29, 0.717) is 30.5 Å². The van der Waals surface area contributed by atoms with Crippen molar-refractivity contribution in [2.75, 3.05) is 6.61 Å². The fraction of sp³-hybridized carbons (Fsp3) is 0.273. The van der Waals surface area contributed by atoms with E-state index in [0.717, 1.165) is 11.6 Å². The summed E-state index contributed by atoms with van der Waals surface area (Å²) in [4.78, 5) is 33.4. The topological polar surface area (TPSA) is 93.2 Å². The summed E-state index contributed by atoms with van der Waals surface area (Å²) in [5, 5.41) is 6.00. The molecule has 0 atom stereocenters. The van der Waals surface area contributed by atoms with E-state index in [9.17, 15) is 14.0 Å². The minimum atomic E-state index is -0.603. The van der Waals surface area contributed by atoms with Crippen molar-refractivity contribution < 1.29 is 18.7 Å². The Morgan fingerprint density at radius 2 is 1.84 bits per heavy atom. The predicted octanol–water partition coefficient (Wildman–Crippen LogP) is 3.02. The van der Waals surface area contributed by atoms with Crippen molar-refractivity contribution in [2.24, 2.45) is 0 Å². The monoisotopic (exact) mass is 440 g/mol. The summed E-state index contributed by atoms with van der Waals surface area (Å²) in [6.07, 6.45) is 3.64. The lowest BCUT2D eigenvalue weighted by Gasteiger charge is -2.70. The van der Waals surface area contributed by atoms with Crippen LogP contribution in [0.25, 0.3) is 11.0 Å². The van der Waals surface area contributed by atoms with Gasteiger partial charge in [-0.05, 0) is 55.7 Å². The number of hydrogen-bond acceptors (Lipinski definition) is 5. The highest BCUT2D eigenvalue weighted by Gasteiger charge is 2.69. The molecule has 0 spiro atoms. The standard InChI is InChI=1S/C22H18ClFN4O3/c23-14-4-3-13(8-15(14)24)31-9-19(29)27-21-10-22(11-21,12-21)28-20(30)18-6-5-16-17(26-18)2-1-7-25-16/h1-8H,9-12H2,(H,27,29)(H,28,30). The van der Waals surface area contributed by atoms with Gasteiger partial charge < -0.3 is 15.4 Å². The van der Waals surface area contributed by atoms with Crippen molar-refractivity contribution in [1.82, 2.24) is 20.6 Å². The first-order valence-corrected chi connectivity index (χ1v) is 10.2. The largest absolute Gasteiger partial charge is 0.484 e. The van der Waals surface area contributed by atoms with Gasteiger partial charge in [0.05, 0.1) is 16.1 Å². The second-order valence-corrected chi connectivity index (χ2v) is 8.60. The van der Waals surface area contributed by atoms with Crippen molar-refractivity contribution in [3.8, 4) is 5.75 Å². The van der Waals surface area contributed by atoms with Gasteiger partial charge in [0.25, 0.3) is 11.8 Å². The molecule has 3 aliphatic carbocycles. The van der Waals surface area contributed by atoms with E-state index < -0.39 is 5.82 Å². The van der Waals surface area contributed by atoms with E-state index >= 15 is 0 Å². The molecule has 0 saturated heterocycles. The van der Waals surface area contributed by atoms with Crippen LogP contribution in [0.1, 0.15) is 29.8 Å². The van der Waals surface area contributed by atoms with Crippen LogP contribution >= 0.6 is 11.6 Å². The predicted molar refractivity (Wildman–Crippen MR) is 111 cm³/mol. The summed E-state index contributed by atoms with van der Waals surface area (Å²) < 4.78 is 18.8. The minimum Gasteiger partial charge on any atom is -0.484 e. The quantitative estimate of drug-likeness (QED) is 0.614. The molecule has 2 N–H and O–H groups in total. The van der Waals surface area contributed by atoms with Crippen molar-refractivity contribution in [3.05, 3.63) is 65.2 Å². The lowest BCUT2D eigenvalue weighted by atomic mass is 9.44. The van der Waals surface area contributed by atoms with Crippen LogP contribution in [-0.4, -0.2) is 39.5 Å². The molecule has 0 radical (unpaired) electrons. The van der Waals surface area contributed by atoms with Crippen LogP contribution in [0.5, 0.6) is 5.75 Å². The summed E-state index contributed by atoms with van der Waals surface area (Å²) >= 11 is 5.63. The van der Waals surface area contributed by atoms with Crippen LogP contribution in [0.15, 0.2) is 48.7 Å². The number of carbonyl (C=O) groups is 2. The molecule has 2 amide bonds. The normalized spacial score (nSPS) is 23.4. The molecule has 3 fully saturated rings. The molecule has 3 aliphatic rings. The Kier molecular flexibility index (Phi) is 4.55. The number of carbonyl (C=O) groups excluding carboxylic acids is 2. The number of hydrogen-bond donors (Lipinski definition) is 2. The van der Waals surface area contributed by atoms with Crippen molar-refractivity contribution in [1.29, 1.82) is 0 Å². The number of rotatable bonds is 6. The number of fused-ring (bicyclic) bond motifs is 1. The van der Waals surface area contributed by atoms with Gasteiger partial charge in [-0.15, -0.1) is 0 Å². The summed E-state index contributed by atoms with van der Waals surface area (Å²) in [6, 6.07) is 11.0. The highest BCUT2D eigenvalue weighted by atomic mass is 35.5. The van der Waals surface area contributed by atoms with Gasteiger partial charge in [0, 0.05) is 23.3 Å². The lowest BCUT2D eigenvalue weighted by Crippen LogP contribution is -2.84. The Morgan fingerprint density at radius 3 is 2.61 bits per heavy atom. The molecule has 31 heavy (non-hydrogen) atoms. The van der Waals surface area contributed by atoms with Gasteiger partial charge in [-0.2, -0.15) is 0 Å². The smallest absolute Gasteiger partial charge is 0.270 e. The molecule has 0 aliphatic heterocycles. The summed E-state index contributed by atoms with van der Waals surface area (Å²) in [5.41, 5.74) is 1.11. The maximum Gasteiger partial charge on any atom is 0.270 e. The third-order valence-corrected chi connectivity index (χ3v) is 6.07. The van der Waals surface area contributed by atoms with E-state index in [1.807, 2.05) is 6.07 Å². The zero-order valence-electron chi connectivity index (χ0n) is 16.3. The van der Waals surface area contributed by atoms with Crippen molar-refractivity contribution in [3.63, 3.8) is 0 Å². The molecule has 2 bridgehead atoms. The molecular formula is C22H18ClFN4O3. The van der Waals surface area contributed by atoms with Crippen molar-refractivity contribution in [2.45, 2.75) is 30.3 Å². The van der Waals surface area contributed by atoms with Gasteiger partial charge in [0.2, 0.25) is 0 Å². The number of nitrogens with one attached hydrogen (secondary N) is 2. The number of benzene rings is 1. The molecule has 158 valence electrons. The lowest BCUT2D eigenvalue weighted by molar-refractivity contribution is -0.141. The van der Waals surface area contributed by atoms with Gasteiger partial charge in [0.15, 0.2) is 6.61 Å². The Hall–Kier alpha value is -3.26. The SMILES string of the molecule is O=C(COc1ccc(Cl)c(F)c1)NC12CC(NC(=O)c3ccc4ncccc4n3)(C1)C2. The molecule has 9 heteroatoms. The van der Waals surface area contributed by atoms with Gasteiger partial charge in [-0.25, -0.2) is 9.37 Å². The Bertz CT molecular complexity index is 1200. The first-order chi connectivity index (χ1) is 14.9. The summed E-state index contributed by atoms with van der Waals surface area (Å²) in [5.74, 6) is -0.900. The minimum absolute atomic E-state index is 0.00595. The van der Waals surface area contributed by atoms with Gasteiger partial charge in [-0.3, -0.25) is 14.6 Å². The van der Waals surface area contributed by atoms with Crippen LogP contribution in [0, 0.1) is 5.82 Å². The number of ether oxygens (including phenoxy) is 1. The first-order valence-electron chi connectivity index (χ1n) is 9.79. The van der Waals surface area contributed by atoms with E-state index in [1.54, 1.807) is 24.4 Å². The van der Waals surface area contributed by atoms with Gasteiger partial charge in [0.1, 0.15) is 17.3 Å². The first kappa shape index (κ1) is 19.7. The molecule has 1 aromatic carbocycles. The molecule has 3 saturated carbocycles. The second kappa shape index (κ2) is 7.16. The Labute approximate surface area is 182 Å². The number of pyridine rings is 2. The zero-order chi connectivity index (χ0) is 21.6. The third-order valence-electron chi connectivity index (χ3n) is 5.76. The van der Waals surface area contributed by atoms with Crippen LogP contribution < -0.4 is 15.4 Å². The maximum absolute atomic E-state index is 13.4. The van der Waals surface area contributed by atoms with Crippen LogP contribution in [0.4, 0.5) is 4.39 Å². The fourth-order valence-corrected chi connectivity index (χ4v) is 4.61. The highest BCUT2D eigenvalue weighted by molar-refractivity contribution is 6.30. The van der Waals surface area contributed by atoms with E-state index in [2.05, 4.69) is 20.6 Å². The molecular weight excluding hydrogens is 423 g/mol. The number of aromatic nitrogens is 2. The number of halogens is 2. The average molecular weight is 441 g/mol. The molecule has 2 aromatic heterocycles. The molecule has 6 rings (SSSR count). The van der Waals surface area contributed by atoms with Crippen LogP contribution in [-0.2, 0) is 4.79 Å². The Balaban J connectivity index is 1.12. The van der Waals surface area contributed by atoms with Gasteiger partial charge >= 0.3 is 0 Å².